The molecule has 0 bridgehead atoms. The highest BCUT2D eigenvalue weighted by Gasteiger charge is 2.27. The van der Waals surface area contributed by atoms with Crippen molar-refractivity contribution in [3.05, 3.63) is 16.8 Å². The van der Waals surface area contributed by atoms with Gasteiger partial charge in [0, 0.05) is 12.6 Å². The van der Waals surface area contributed by atoms with Crippen molar-refractivity contribution in [1.29, 1.82) is 5.26 Å². The number of aromatic nitrogens is 2. The van der Waals surface area contributed by atoms with Crippen LogP contribution in [0.25, 0.3) is 0 Å². The fourth-order valence-electron chi connectivity index (χ4n) is 2.47. The molecule has 0 N–H and O–H groups in total. The topological polar surface area (TPSA) is 52.8 Å². The average molecular weight is 230 g/mol. The molecule has 1 unspecified atom stereocenters. The summed E-state index contributed by atoms with van der Waals surface area (Å²) in [5.74, 6) is 0.778. The maximum absolute atomic E-state index is 9.30. The number of rotatable bonds is 2. The Bertz CT molecular complexity index is 461. The minimum absolute atomic E-state index is 0.513. The van der Waals surface area contributed by atoms with E-state index >= 15 is 0 Å². The smallest absolute Gasteiger partial charge is 0.169 e. The lowest BCUT2D eigenvalue weighted by molar-refractivity contribution is 0.636. The van der Waals surface area contributed by atoms with Gasteiger partial charge in [-0.2, -0.15) is 10.4 Å². The molecule has 2 rings (SSSR count). The Morgan fingerprint density at radius 1 is 1.41 bits per heavy atom. The van der Waals surface area contributed by atoms with Crippen LogP contribution < -0.4 is 4.90 Å². The Kier molecular flexibility index (Phi) is 3.28. The lowest BCUT2D eigenvalue weighted by Gasteiger charge is -2.25. The van der Waals surface area contributed by atoms with E-state index in [0.717, 1.165) is 30.0 Å². The van der Waals surface area contributed by atoms with Gasteiger partial charge in [0.15, 0.2) is 5.82 Å². The zero-order chi connectivity index (χ0) is 12.4. The molecular weight excluding hydrogens is 212 g/mol. The molecular formula is C13H18N4. The number of hydrogen-bond acceptors (Lipinski definition) is 4. The molecule has 4 heteroatoms. The molecule has 0 amide bonds. The van der Waals surface area contributed by atoms with Crippen molar-refractivity contribution in [2.24, 2.45) is 0 Å². The minimum atomic E-state index is 0.513. The number of aryl methyl sites for hydroxylation is 1. The second-order valence-electron chi connectivity index (χ2n) is 4.62. The van der Waals surface area contributed by atoms with Gasteiger partial charge in [-0.15, -0.1) is 5.10 Å². The molecule has 0 aliphatic carbocycles. The standard InChI is InChI=1S/C13H18N4/c1-4-11-6-5-7-17(11)13-12(8-14)9(2)10(3)15-16-13/h11H,4-7H2,1-3H3. The molecule has 1 aliphatic rings. The Morgan fingerprint density at radius 2 is 2.18 bits per heavy atom. The number of nitrogens with zero attached hydrogens (tertiary/aromatic N) is 4. The van der Waals surface area contributed by atoms with E-state index in [9.17, 15) is 5.26 Å². The molecule has 1 saturated heterocycles. The van der Waals surface area contributed by atoms with Gasteiger partial charge in [-0.3, -0.25) is 0 Å². The molecule has 1 atom stereocenters. The first-order chi connectivity index (χ1) is 8.19. The highest BCUT2D eigenvalue weighted by atomic mass is 15.3. The SMILES string of the molecule is CCC1CCCN1c1nnc(C)c(C)c1C#N. The zero-order valence-corrected chi connectivity index (χ0v) is 10.7. The molecule has 17 heavy (non-hydrogen) atoms. The molecule has 90 valence electrons. The van der Waals surface area contributed by atoms with Crippen molar-refractivity contribution in [3.63, 3.8) is 0 Å². The number of anilines is 1. The maximum Gasteiger partial charge on any atom is 0.169 e. The van der Waals surface area contributed by atoms with Crippen molar-refractivity contribution in [3.8, 4) is 6.07 Å². The van der Waals surface area contributed by atoms with Gasteiger partial charge in [0.1, 0.15) is 11.6 Å². The van der Waals surface area contributed by atoms with E-state index in [-0.39, 0.29) is 0 Å². The molecule has 1 fully saturated rings. The van der Waals surface area contributed by atoms with Crippen molar-refractivity contribution in [2.45, 2.75) is 46.1 Å². The zero-order valence-electron chi connectivity index (χ0n) is 10.7. The van der Waals surface area contributed by atoms with E-state index in [1.165, 1.54) is 12.8 Å². The lowest BCUT2D eigenvalue weighted by Crippen LogP contribution is -2.30. The van der Waals surface area contributed by atoms with Crippen LogP contribution >= 0.6 is 0 Å². The lowest BCUT2D eigenvalue weighted by atomic mass is 10.1. The molecule has 4 nitrogen and oxygen atoms in total. The Labute approximate surface area is 102 Å². The number of nitriles is 1. The monoisotopic (exact) mass is 230 g/mol. The van der Waals surface area contributed by atoms with E-state index in [0.29, 0.717) is 11.6 Å². The summed E-state index contributed by atoms with van der Waals surface area (Å²) in [7, 11) is 0. The second-order valence-corrected chi connectivity index (χ2v) is 4.62. The van der Waals surface area contributed by atoms with Gasteiger partial charge in [-0.25, -0.2) is 0 Å². The van der Waals surface area contributed by atoms with Crippen LogP contribution in [0.1, 0.15) is 43.0 Å². The Morgan fingerprint density at radius 3 is 2.82 bits per heavy atom. The first kappa shape index (κ1) is 11.8. The minimum Gasteiger partial charge on any atom is -0.351 e. The van der Waals surface area contributed by atoms with Gasteiger partial charge in [0.25, 0.3) is 0 Å². The van der Waals surface area contributed by atoms with Crippen LogP contribution in [0, 0.1) is 25.2 Å². The van der Waals surface area contributed by atoms with E-state index < -0.39 is 0 Å². The maximum atomic E-state index is 9.30. The van der Waals surface area contributed by atoms with Crippen LogP contribution in [-0.2, 0) is 0 Å². The molecule has 0 aromatic carbocycles. The molecule has 1 aliphatic heterocycles. The molecule has 2 heterocycles. The Hall–Kier alpha value is -1.63. The predicted octanol–water partition coefficient (Wildman–Crippen LogP) is 2.34. The van der Waals surface area contributed by atoms with Crippen LogP contribution in [0.15, 0.2) is 0 Å². The van der Waals surface area contributed by atoms with Gasteiger partial charge in [0.2, 0.25) is 0 Å². The third-order valence-corrected chi connectivity index (χ3v) is 3.67. The molecule has 1 aromatic heterocycles. The van der Waals surface area contributed by atoms with E-state index in [4.69, 9.17) is 0 Å². The third kappa shape index (κ3) is 1.97. The summed E-state index contributed by atoms with van der Waals surface area (Å²) in [6, 6.07) is 2.79. The first-order valence-electron chi connectivity index (χ1n) is 6.19. The largest absolute Gasteiger partial charge is 0.351 e. The number of hydrogen-bond donors (Lipinski definition) is 0. The summed E-state index contributed by atoms with van der Waals surface area (Å²) >= 11 is 0. The van der Waals surface area contributed by atoms with Crippen molar-refractivity contribution in [1.82, 2.24) is 10.2 Å². The third-order valence-electron chi connectivity index (χ3n) is 3.67. The van der Waals surface area contributed by atoms with Gasteiger partial charge in [-0.1, -0.05) is 6.92 Å². The van der Waals surface area contributed by atoms with Crippen LogP contribution in [0.4, 0.5) is 5.82 Å². The highest BCUT2D eigenvalue weighted by Crippen LogP contribution is 2.29. The molecule has 0 saturated carbocycles. The van der Waals surface area contributed by atoms with Gasteiger partial charge >= 0.3 is 0 Å². The first-order valence-corrected chi connectivity index (χ1v) is 6.19. The normalized spacial score (nSPS) is 19.4. The van der Waals surface area contributed by atoms with Gasteiger partial charge < -0.3 is 4.90 Å². The molecule has 0 radical (unpaired) electrons. The summed E-state index contributed by atoms with van der Waals surface area (Å²) in [6.45, 7) is 7.02. The second kappa shape index (κ2) is 4.70. The van der Waals surface area contributed by atoms with Crippen LogP contribution in [0.5, 0.6) is 0 Å². The van der Waals surface area contributed by atoms with Crippen LogP contribution in [0.3, 0.4) is 0 Å². The molecule has 0 spiro atoms. The fraction of sp³-hybridized carbons (Fsp3) is 0.615. The fourth-order valence-corrected chi connectivity index (χ4v) is 2.47. The van der Waals surface area contributed by atoms with E-state index in [1.54, 1.807) is 0 Å². The Balaban J connectivity index is 2.46. The molecule has 1 aromatic rings. The van der Waals surface area contributed by atoms with E-state index in [2.05, 4.69) is 28.1 Å². The van der Waals surface area contributed by atoms with Crippen LogP contribution in [0.2, 0.25) is 0 Å². The van der Waals surface area contributed by atoms with Crippen molar-refractivity contribution < 1.29 is 0 Å². The summed E-state index contributed by atoms with van der Waals surface area (Å²) in [5, 5.41) is 17.7. The summed E-state index contributed by atoms with van der Waals surface area (Å²) in [5.41, 5.74) is 2.50. The average Bonchev–Trinajstić information content (AvgIpc) is 2.80. The highest BCUT2D eigenvalue weighted by molar-refractivity contribution is 5.58. The predicted molar refractivity (Wildman–Crippen MR) is 66.9 cm³/mol. The summed E-state index contributed by atoms with van der Waals surface area (Å²) in [4.78, 5) is 2.25. The van der Waals surface area contributed by atoms with Crippen molar-refractivity contribution >= 4 is 5.82 Å². The summed E-state index contributed by atoms with van der Waals surface area (Å²) in [6.07, 6.45) is 3.47. The van der Waals surface area contributed by atoms with E-state index in [1.807, 2.05) is 13.8 Å². The van der Waals surface area contributed by atoms with Crippen molar-refractivity contribution in [2.75, 3.05) is 11.4 Å². The van der Waals surface area contributed by atoms with Crippen LogP contribution in [-0.4, -0.2) is 22.8 Å². The summed E-state index contributed by atoms with van der Waals surface area (Å²) < 4.78 is 0. The van der Waals surface area contributed by atoms with Gasteiger partial charge in [-0.05, 0) is 38.7 Å². The van der Waals surface area contributed by atoms with Gasteiger partial charge in [0.05, 0.1) is 5.69 Å². The quantitative estimate of drug-likeness (QED) is 0.782.